The molecule has 0 bridgehead atoms. The predicted octanol–water partition coefficient (Wildman–Crippen LogP) is 3.08. The highest BCUT2D eigenvalue weighted by atomic mass is 15.2. The maximum absolute atomic E-state index is 5.85. The summed E-state index contributed by atoms with van der Waals surface area (Å²) in [6, 6.07) is 7.25. The molecular formula is C15H24N2. The van der Waals surface area contributed by atoms with E-state index in [4.69, 9.17) is 5.73 Å². The maximum atomic E-state index is 5.85. The molecule has 2 nitrogen and oxygen atoms in total. The molecule has 1 aromatic rings. The summed E-state index contributed by atoms with van der Waals surface area (Å²) in [6.45, 7) is 8.64. The van der Waals surface area contributed by atoms with Gasteiger partial charge in [0, 0.05) is 24.8 Å². The van der Waals surface area contributed by atoms with Crippen LogP contribution in [0.5, 0.6) is 0 Å². The van der Waals surface area contributed by atoms with Crippen molar-refractivity contribution in [2.24, 2.45) is 11.7 Å². The molecule has 94 valence electrons. The number of benzene rings is 1. The summed E-state index contributed by atoms with van der Waals surface area (Å²) in [5.74, 6) is 0.854. The lowest BCUT2D eigenvalue weighted by Crippen LogP contribution is -2.40. The van der Waals surface area contributed by atoms with E-state index in [-0.39, 0.29) is 0 Å². The summed E-state index contributed by atoms with van der Waals surface area (Å²) < 4.78 is 0. The van der Waals surface area contributed by atoms with Crippen LogP contribution in [0.25, 0.3) is 0 Å². The molecule has 1 aromatic carbocycles. The Hall–Kier alpha value is -1.02. The molecule has 0 aromatic heterocycles. The fourth-order valence-electron chi connectivity index (χ4n) is 2.88. The number of anilines is 1. The molecule has 2 unspecified atom stereocenters. The molecule has 0 aliphatic carbocycles. The van der Waals surface area contributed by atoms with Gasteiger partial charge in [-0.1, -0.05) is 19.1 Å². The molecule has 1 heterocycles. The summed E-state index contributed by atoms with van der Waals surface area (Å²) in [6.07, 6.45) is 2.58. The van der Waals surface area contributed by atoms with Crippen molar-refractivity contribution in [3.05, 3.63) is 29.3 Å². The second-order valence-corrected chi connectivity index (χ2v) is 5.51. The molecule has 1 fully saturated rings. The number of rotatable bonds is 2. The van der Waals surface area contributed by atoms with Gasteiger partial charge in [0.15, 0.2) is 0 Å². The smallest absolute Gasteiger partial charge is 0.0416 e. The highest BCUT2D eigenvalue weighted by molar-refractivity contribution is 5.56. The minimum Gasteiger partial charge on any atom is -0.369 e. The highest BCUT2D eigenvalue weighted by Crippen LogP contribution is 2.30. The molecule has 2 atom stereocenters. The largest absolute Gasteiger partial charge is 0.369 e. The van der Waals surface area contributed by atoms with Gasteiger partial charge in [-0.25, -0.2) is 0 Å². The van der Waals surface area contributed by atoms with Gasteiger partial charge in [-0.15, -0.1) is 0 Å². The van der Waals surface area contributed by atoms with E-state index in [1.807, 2.05) is 0 Å². The van der Waals surface area contributed by atoms with Crippen molar-refractivity contribution < 1.29 is 0 Å². The number of nitrogens with zero attached hydrogens (tertiary/aromatic N) is 1. The van der Waals surface area contributed by atoms with E-state index in [9.17, 15) is 0 Å². The first kappa shape index (κ1) is 12.4. The molecule has 17 heavy (non-hydrogen) atoms. The van der Waals surface area contributed by atoms with Crippen molar-refractivity contribution in [2.45, 2.75) is 46.2 Å². The second kappa shape index (κ2) is 5.09. The second-order valence-electron chi connectivity index (χ2n) is 5.51. The zero-order valence-corrected chi connectivity index (χ0v) is 11.2. The topological polar surface area (TPSA) is 29.3 Å². The molecule has 1 aliphatic rings. The first-order valence-corrected chi connectivity index (χ1v) is 6.68. The zero-order chi connectivity index (χ0) is 12.4. The van der Waals surface area contributed by atoms with E-state index < -0.39 is 0 Å². The van der Waals surface area contributed by atoms with Crippen molar-refractivity contribution in [3.8, 4) is 0 Å². The predicted molar refractivity (Wildman–Crippen MR) is 74.3 cm³/mol. The van der Waals surface area contributed by atoms with Crippen molar-refractivity contribution >= 4 is 5.69 Å². The molecule has 0 saturated carbocycles. The van der Waals surface area contributed by atoms with E-state index in [1.165, 1.54) is 36.2 Å². The van der Waals surface area contributed by atoms with Crippen LogP contribution >= 0.6 is 0 Å². The van der Waals surface area contributed by atoms with Crippen LogP contribution in [0.15, 0.2) is 18.2 Å². The van der Waals surface area contributed by atoms with Crippen LogP contribution in [0.2, 0.25) is 0 Å². The van der Waals surface area contributed by atoms with Crippen molar-refractivity contribution in [2.75, 3.05) is 11.4 Å². The van der Waals surface area contributed by atoms with Crippen LogP contribution in [0.1, 0.15) is 37.8 Å². The lowest BCUT2D eigenvalue weighted by atomic mass is 9.92. The third-order valence-electron chi connectivity index (χ3n) is 3.91. The molecule has 2 N–H and O–H groups in total. The third kappa shape index (κ3) is 2.63. The van der Waals surface area contributed by atoms with Gasteiger partial charge in [0.05, 0.1) is 0 Å². The number of hydrogen-bond acceptors (Lipinski definition) is 2. The summed E-state index contributed by atoms with van der Waals surface area (Å²) >= 11 is 0. The van der Waals surface area contributed by atoms with E-state index in [0.717, 1.165) is 5.92 Å². The van der Waals surface area contributed by atoms with Crippen LogP contribution in [-0.2, 0) is 6.54 Å². The minimum absolute atomic E-state index is 0.630. The van der Waals surface area contributed by atoms with Crippen LogP contribution in [-0.4, -0.2) is 12.6 Å². The Morgan fingerprint density at radius 2 is 2.12 bits per heavy atom. The third-order valence-corrected chi connectivity index (χ3v) is 3.91. The standard InChI is InChI=1S/C15H24N2/c1-11-4-5-14(10-16)15(9-11)17-7-6-12(2)8-13(17)3/h4-5,9,12-13H,6-8,10,16H2,1-3H3. The Labute approximate surface area is 105 Å². The molecule has 0 radical (unpaired) electrons. The van der Waals surface area contributed by atoms with Gasteiger partial charge in [-0.05, 0) is 49.8 Å². The normalized spacial score (nSPS) is 25.1. The van der Waals surface area contributed by atoms with E-state index >= 15 is 0 Å². The molecule has 1 aliphatic heterocycles. The van der Waals surface area contributed by atoms with Gasteiger partial charge in [0.25, 0.3) is 0 Å². The van der Waals surface area contributed by atoms with Crippen molar-refractivity contribution in [1.29, 1.82) is 0 Å². The van der Waals surface area contributed by atoms with E-state index in [0.29, 0.717) is 12.6 Å². The summed E-state index contributed by atoms with van der Waals surface area (Å²) in [5, 5.41) is 0. The Balaban J connectivity index is 2.29. The zero-order valence-electron chi connectivity index (χ0n) is 11.2. The molecule has 1 saturated heterocycles. The van der Waals surface area contributed by atoms with Crippen molar-refractivity contribution in [1.82, 2.24) is 0 Å². The lowest BCUT2D eigenvalue weighted by molar-refractivity contribution is 0.377. The van der Waals surface area contributed by atoms with E-state index in [1.54, 1.807) is 0 Å². The summed E-state index contributed by atoms with van der Waals surface area (Å²) in [5.41, 5.74) is 9.80. The highest BCUT2D eigenvalue weighted by Gasteiger charge is 2.24. The Morgan fingerprint density at radius 1 is 1.35 bits per heavy atom. The average Bonchev–Trinajstić information content (AvgIpc) is 2.29. The lowest BCUT2D eigenvalue weighted by Gasteiger charge is -2.39. The van der Waals surface area contributed by atoms with Crippen LogP contribution in [0.3, 0.4) is 0 Å². The number of aryl methyl sites for hydroxylation is 1. The summed E-state index contributed by atoms with van der Waals surface area (Å²) in [7, 11) is 0. The number of hydrogen-bond donors (Lipinski definition) is 1. The Morgan fingerprint density at radius 3 is 2.76 bits per heavy atom. The first-order valence-electron chi connectivity index (χ1n) is 6.68. The van der Waals surface area contributed by atoms with E-state index in [2.05, 4.69) is 43.9 Å². The molecule has 0 spiro atoms. The monoisotopic (exact) mass is 232 g/mol. The van der Waals surface area contributed by atoms with Crippen molar-refractivity contribution in [3.63, 3.8) is 0 Å². The van der Waals surface area contributed by atoms with Gasteiger partial charge < -0.3 is 10.6 Å². The van der Waals surface area contributed by atoms with Gasteiger partial charge >= 0.3 is 0 Å². The maximum Gasteiger partial charge on any atom is 0.0416 e. The van der Waals surface area contributed by atoms with Crippen LogP contribution in [0.4, 0.5) is 5.69 Å². The van der Waals surface area contributed by atoms with Crippen LogP contribution < -0.4 is 10.6 Å². The quantitative estimate of drug-likeness (QED) is 0.849. The minimum atomic E-state index is 0.630. The molecule has 2 rings (SSSR count). The van der Waals surface area contributed by atoms with Gasteiger partial charge in [0.2, 0.25) is 0 Å². The van der Waals surface area contributed by atoms with Gasteiger partial charge in [-0.3, -0.25) is 0 Å². The Kier molecular flexibility index (Phi) is 3.72. The molecule has 0 amide bonds. The summed E-state index contributed by atoms with van der Waals surface area (Å²) in [4.78, 5) is 2.54. The average molecular weight is 232 g/mol. The Bertz CT molecular complexity index is 387. The fourth-order valence-corrected chi connectivity index (χ4v) is 2.88. The number of piperidine rings is 1. The number of nitrogens with two attached hydrogens (primary N) is 1. The molecule has 2 heteroatoms. The first-order chi connectivity index (χ1) is 8.11. The van der Waals surface area contributed by atoms with Gasteiger partial charge in [0.1, 0.15) is 0 Å². The van der Waals surface area contributed by atoms with Crippen LogP contribution in [0, 0.1) is 12.8 Å². The molecular weight excluding hydrogens is 208 g/mol. The van der Waals surface area contributed by atoms with Gasteiger partial charge in [-0.2, -0.15) is 0 Å². The fraction of sp³-hybridized carbons (Fsp3) is 0.600. The SMILES string of the molecule is Cc1ccc(CN)c(N2CCC(C)CC2C)c1.